The maximum absolute atomic E-state index is 13.4. The fraction of sp³-hybridized carbons (Fsp3) is 0.480. The van der Waals surface area contributed by atoms with Gasteiger partial charge in [0, 0.05) is 37.8 Å². The number of hydrogen-bond donors (Lipinski definition) is 0. The molecule has 6 nitrogen and oxygen atoms in total. The van der Waals surface area contributed by atoms with Gasteiger partial charge in [-0.15, -0.1) is 0 Å². The third-order valence-corrected chi connectivity index (χ3v) is 7.27. The fourth-order valence-electron chi connectivity index (χ4n) is 5.95. The zero-order valence-corrected chi connectivity index (χ0v) is 17.9. The first-order chi connectivity index (χ1) is 15.2. The molecule has 2 bridgehead atoms. The Morgan fingerprint density at radius 3 is 2.74 bits per heavy atom. The lowest BCUT2D eigenvalue weighted by Gasteiger charge is -2.56. The summed E-state index contributed by atoms with van der Waals surface area (Å²) in [5, 5.41) is 0. The van der Waals surface area contributed by atoms with Gasteiger partial charge in [-0.25, -0.2) is 4.98 Å². The molecule has 162 valence electrons. The van der Waals surface area contributed by atoms with Gasteiger partial charge in [0.15, 0.2) is 0 Å². The molecule has 31 heavy (non-hydrogen) atoms. The van der Waals surface area contributed by atoms with Crippen molar-refractivity contribution in [3.8, 4) is 5.88 Å². The summed E-state index contributed by atoms with van der Waals surface area (Å²) in [6.45, 7) is 1.36. The summed E-state index contributed by atoms with van der Waals surface area (Å²) in [6, 6.07) is 14.4. The van der Waals surface area contributed by atoms with E-state index in [1.54, 1.807) is 25.4 Å². The molecule has 0 unspecified atom stereocenters. The maximum atomic E-state index is 13.4. The predicted octanol–water partition coefficient (Wildman–Crippen LogP) is 3.17. The maximum Gasteiger partial charge on any atom is 0.259 e. The number of fused-ring (bicyclic) bond motifs is 4. The molecule has 3 fully saturated rings. The van der Waals surface area contributed by atoms with Crippen molar-refractivity contribution in [1.82, 2.24) is 14.8 Å². The van der Waals surface area contributed by atoms with Crippen LogP contribution in [0.2, 0.25) is 0 Å². The average Bonchev–Trinajstić information content (AvgIpc) is 2.82. The minimum atomic E-state index is -0.0197. The van der Waals surface area contributed by atoms with E-state index < -0.39 is 0 Å². The van der Waals surface area contributed by atoms with Crippen LogP contribution < -0.4 is 4.74 Å². The Hall–Kier alpha value is -2.89. The van der Waals surface area contributed by atoms with E-state index >= 15 is 0 Å². The molecule has 5 rings (SSSR count). The molecule has 0 radical (unpaired) electrons. The van der Waals surface area contributed by atoms with Crippen LogP contribution in [0, 0.1) is 11.8 Å². The van der Waals surface area contributed by atoms with Crippen LogP contribution in [0.25, 0.3) is 0 Å². The Kier molecular flexibility index (Phi) is 5.38. The third kappa shape index (κ3) is 3.68. The highest BCUT2D eigenvalue weighted by atomic mass is 16.5. The molecule has 4 atom stereocenters. The lowest BCUT2D eigenvalue weighted by molar-refractivity contribution is -0.151. The smallest absolute Gasteiger partial charge is 0.259 e. The van der Waals surface area contributed by atoms with Crippen molar-refractivity contribution in [1.29, 1.82) is 0 Å². The molecule has 0 saturated carbocycles. The third-order valence-electron chi connectivity index (χ3n) is 7.27. The van der Waals surface area contributed by atoms with E-state index in [9.17, 15) is 9.59 Å². The topological polar surface area (TPSA) is 62.7 Å². The summed E-state index contributed by atoms with van der Waals surface area (Å²) >= 11 is 0. The number of benzene rings is 1. The molecule has 2 amide bonds. The number of carbonyl (C=O) groups is 2. The number of likely N-dealkylation sites (tertiary alicyclic amines) is 1. The number of aromatic nitrogens is 1. The molecule has 0 aliphatic carbocycles. The monoisotopic (exact) mass is 419 g/mol. The molecule has 3 aliphatic rings. The Balaban J connectivity index is 1.45. The van der Waals surface area contributed by atoms with Gasteiger partial charge in [-0.3, -0.25) is 9.59 Å². The first-order valence-electron chi connectivity index (χ1n) is 11.3. The number of rotatable bonds is 4. The number of ether oxygens (including phenoxy) is 1. The van der Waals surface area contributed by atoms with Crippen LogP contribution >= 0.6 is 0 Å². The van der Waals surface area contributed by atoms with E-state index in [0.29, 0.717) is 42.8 Å². The van der Waals surface area contributed by atoms with Gasteiger partial charge < -0.3 is 14.5 Å². The molecule has 3 aliphatic heterocycles. The highest BCUT2D eigenvalue weighted by Crippen LogP contribution is 2.43. The average molecular weight is 420 g/mol. The van der Waals surface area contributed by atoms with Gasteiger partial charge in [0.05, 0.1) is 7.11 Å². The van der Waals surface area contributed by atoms with Gasteiger partial charge in [-0.2, -0.15) is 0 Å². The number of carbonyl (C=O) groups excluding carboxylic acids is 2. The van der Waals surface area contributed by atoms with Crippen LogP contribution in [0.15, 0.2) is 48.7 Å². The van der Waals surface area contributed by atoms with Gasteiger partial charge in [0.1, 0.15) is 5.56 Å². The highest BCUT2D eigenvalue weighted by Gasteiger charge is 2.50. The van der Waals surface area contributed by atoms with Crippen LogP contribution in [-0.2, 0) is 11.2 Å². The number of methoxy groups -OCH3 is 1. The summed E-state index contributed by atoms with van der Waals surface area (Å²) in [5.41, 5.74) is 1.77. The second-order valence-electron chi connectivity index (χ2n) is 9.04. The van der Waals surface area contributed by atoms with Crippen molar-refractivity contribution >= 4 is 11.8 Å². The molecular formula is C25H29N3O3. The number of piperidine rings is 3. The summed E-state index contributed by atoms with van der Waals surface area (Å²) in [7, 11) is 1.55. The van der Waals surface area contributed by atoms with Crippen LogP contribution in [0.5, 0.6) is 5.88 Å². The van der Waals surface area contributed by atoms with Crippen LogP contribution in [-0.4, -0.2) is 58.9 Å². The lowest BCUT2D eigenvalue weighted by atomic mass is 9.70. The Bertz CT molecular complexity index is 963. The van der Waals surface area contributed by atoms with E-state index in [-0.39, 0.29) is 23.9 Å². The number of amides is 2. The standard InChI is InChI=1S/C25H29N3O3/c1-31-24-20(9-6-12-26-24)25(30)27-15-18-14-19(16-27)22(13-17-7-3-2-4-8-17)28-21(18)10-5-11-23(28)29/h2-4,6-9,12,18-19,21-22H,5,10-11,13-16H2,1H3/t18-,19+,21+,22+/m1/s1. The Labute approximate surface area is 183 Å². The number of hydrogen-bond acceptors (Lipinski definition) is 4. The number of nitrogens with zero attached hydrogens (tertiary/aromatic N) is 3. The fourth-order valence-corrected chi connectivity index (χ4v) is 5.95. The molecule has 2 aromatic rings. The molecule has 6 heteroatoms. The quantitative estimate of drug-likeness (QED) is 0.764. The van der Waals surface area contributed by atoms with Gasteiger partial charge in [-0.05, 0) is 55.2 Å². The first kappa shape index (κ1) is 20.0. The van der Waals surface area contributed by atoms with Crippen molar-refractivity contribution in [2.75, 3.05) is 20.2 Å². The molecular weight excluding hydrogens is 390 g/mol. The minimum Gasteiger partial charge on any atom is -0.480 e. The van der Waals surface area contributed by atoms with E-state index in [2.05, 4.69) is 34.1 Å². The molecule has 3 saturated heterocycles. The van der Waals surface area contributed by atoms with Crippen molar-refractivity contribution in [3.05, 3.63) is 59.8 Å². The normalized spacial score (nSPS) is 27.6. The molecule has 1 aromatic carbocycles. The van der Waals surface area contributed by atoms with Crippen molar-refractivity contribution in [2.45, 2.75) is 44.2 Å². The molecule has 0 spiro atoms. The summed E-state index contributed by atoms with van der Waals surface area (Å²) in [4.78, 5) is 34.8. The molecule has 1 aromatic heterocycles. The van der Waals surface area contributed by atoms with Crippen LogP contribution in [0.3, 0.4) is 0 Å². The predicted molar refractivity (Wildman–Crippen MR) is 117 cm³/mol. The largest absolute Gasteiger partial charge is 0.480 e. The lowest BCUT2D eigenvalue weighted by Crippen LogP contribution is -2.66. The first-order valence-corrected chi connectivity index (χ1v) is 11.3. The molecule has 0 N–H and O–H groups in total. The van der Waals surface area contributed by atoms with E-state index in [1.165, 1.54) is 5.56 Å². The zero-order valence-electron chi connectivity index (χ0n) is 17.9. The minimum absolute atomic E-state index is 0.0197. The van der Waals surface area contributed by atoms with Crippen molar-refractivity contribution in [3.63, 3.8) is 0 Å². The van der Waals surface area contributed by atoms with Crippen LogP contribution in [0.1, 0.15) is 41.6 Å². The van der Waals surface area contributed by atoms with Crippen molar-refractivity contribution in [2.24, 2.45) is 11.8 Å². The second kappa shape index (κ2) is 8.33. The van der Waals surface area contributed by atoms with E-state index in [0.717, 1.165) is 25.7 Å². The van der Waals surface area contributed by atoms with Gasteiger partial charge in [0.2, 0.25) is 11.8 Å². The van der Waals surface area contributed by atoms with Gasteiger partial charge in [0.25, 0.3) is 5.91 Å². The summed E-state index contributed by atoms with van der Waals surface area (Å²) in [5.74, 6) is 1.26. The zero-order chi connectivity index (χ0) is 21.4. The molecule has 4 heterocycles. The van der Waals surface area contributed by atoms with Crippen molar-refractivity contribution < 1.29 is 14.3 Å². The highest BCUT2D eigenvalue weighted by molar-refractivity contribution is 5.96. The Morgan fingerprint density at radius 2 is 1.94 bits per heavy atom. The summed E-state index contributed by atoms with van der Waals surface area (Å²) < 4.78 is 5.34. The van der Waals surface area contributed by atoms with E-state index in [4.69, 9.17) is 4.74 Å². The second-order valence-corrected chi connectivity index (χ2v) is 9.04. The van der Waals surface area contributed by atoms with E-state index in [1.807, 2.05) is 11.0 Å². The summed E-state index contributed by atoms with van der Waals surface area (Å²) in [6.07, 6.45) is 6.20. The number of pyridine rings is 1. The van der Waals surface area contributed by atoms with Gasteiger partial charge >= 0.3 is 0 Å². The Morgan fingerprint density at radius 1 is 1.13 bits per heavy atom. The SMILES string of the molecule is COc1ncccc1C(=O)N1C[C@H]2C[C@@H](C1)[C@H](Cc1ccccc1)N1C(=O)CCC[C@@H]21. The van der Waals surface area contributed by atoms with Gasteiger partial charge in [-0.1, -0.05) is 30.3 Å². The van der Waals surface area contributed by atoms with Crippen LogP contribution in [0.4, 0.5) is 0 Å².